The maximum atomic E-state index is 13.0. The number of carbonyl (C=O) groups is 1. The highest BCUT2D eigenvalue weighted by molar-refractivity contribution is 8.00. The largest absolute Gasteiger partial charge is 0.330 e. The van der Waals surface area contributed by atoms with Crippen LogP contribution in [0.2, 0.25) is 0 Å². The molecule has 0 unspecified atom stereocenters. The maximum Gasteiger partial charge on any atom is 0.254 e. The average Bonchev–Trinajstić information content (AvgIpc) is 2.61. The summed E-state index contributed by atoms with van der Waals surface area (Å²) in [4.78, 5) is 15.0. The topological polar surface area (TPSA) is 46.3 Å². The first-order valence-electron chi connectivity index (χ1n) is 7.97. The first-order valence-corrected chi connectivity index (χ1v) is 9.02. The van der Waals surface area contributed by atoms with Gasteiger partial charge in [-0.05, 0) is 23.3 Å². The first-order chi connectivity index (χ1) is 11.2. The normalized spacial score (nSPS) is 21.2. The number of nitrogens with zero attached hydrogens (tertiary/aromatic N) is 1. The second-order valence-corrected chi connectivity index (χ2v) is 7.32. The number of carbonyl (C=O) groups excluding carboxylic acids is 1. The molecule has 2 aromatic carbocycles. The van der Waals surface area contributed by atoms with E-state index in [1.54, 1.807) is 0 Å². The average molecular weight is 326 g/mol. The zero-order chi connectivity index (χ0) is 16.2. The maximum absolute atomic E-state index is 13.0. The summed E-state index contributed by atoms with van der Waals surface area (Å²) >= 11 is 1.93. The number of benzene rings is 2. The van der Waals surface area contributed by atoms with Gasteiger partial charge < -0.3 is 10.6 Å². The molecule has 120 valence electrons. The summed E-state index contributed by atoms with van der Waals surface area (Å²) in [5.74, 6) is 1.09. The van der Waals surface area contributed by atoms with Gasteiger partial charge in [0.15, 0.2) is 0 Å². The molecule has 4 heteroatoms. The van der Waals surface area contributed by atoms with Crippen LogP contribution < -0.4 is 5.73 Å². The van der Waals surface area contributed by atoms with Crippen LogP contribution in [0, 0.1) is 0 Å². The summed E-state index contributed by atoms with van der Waals surface area (Å²) < 4.78 is 0. The van der Waals surface area contributed by atoms with Crippen LogP contribution in [0.1, 0.15) is 34.5 Å². The Morgan fingerprint density at radius 1 is 1.17 bits per heavy atom. The van der Waals surface area contributed by atoms with Gasteiger partial charge in [0.1, 0.15) is 0 Å². The van der Waals surface area contributed by atoms with Crippen LogP contribution in [0.25, 0.3) is 0 Å². The lowest BCUT2D eigenvalue weighted by atomic mass is 10.0. The van der Waals surface area contributed by atoms with Crippen molar-refractivity contribution in [2.45, 2.75) is 24.8 Å². The molecule has 23 heavy (non-hydrogen) atoms. The Balaban J connectivity index is 1.89. The minimum atomic E-state index is 0.106. The van der Waals surface area contributed by atoms with Crippen molar-refractivity contribution in [3.05, 3.63) is 71.3 Å². The summed E-state index contributed by atoms with van der Waals surface area (Å²) in [7, 11) is 0. The van der Waals surface area contributed by atoms with Gasteiger partial charge in [0.05, 0.1) is 6.04 Å². The van der Waals surface area contributed by atoms with Crippen molar-refractivity contribution in [3.63, 3.8) is 0 Å². The van der Waals surface area contributed by atoms with E-state index in [1.165, 1.54) is 5.56 Å². The Kier molecular flexibility index (Phi) is 5.03. The highest BCUT2D eigenvalue weighted by Gasteiger charge is 2.33. The van der Waals surface area contributed by atoms with Crippen molar-refractivity contribution in [3.8, 4) is 0 Å². The SMILES string of the molecule is C[C@H]1SCCN(C(=O)c2ccc(CN)cc2)[C@H]1c1ccccc1. The van der Waals surface area contributed by atoms with Crippen LogP contribution in [0.5, 0.6) is 0 Å². The van der Waals surface area contributed by atoms with Crippen LogP contribution in [-0.4, -0.2) is 28.4 Å². The Bertz CT molecular complexity index is 657. The third-order valence-electron chi connectivity index (χ3n) is 4.33. The molecule has 0 saturated carbocycles. The quantitative estimate of drug-likeness (QED) is 0.939. The van der Waals surface area contributed by atoms with Gasteiger partial charge in [-0.15, -0.1) is 0 Å². The number of amides is 1. The van der Waals surface area contributed by atoms with Crippen molar-refractivity contribution < 1.29 is 4.79 Å². The highest BCUT2D eigenvalue weighted by Crippen LogP contribution is 2.36. The lowest BCUT2D eigenvalue weighted by Crippen LogP contribution is -2.43. The molecule has 3 rings (SSSR count). The minimum Gasteiger partial charge on any atom is -0.330 e. The van der Waals surface area contributed by atoms with Gasteiger partial charge in [0.25, 0.3) is 5.91 Å². The van der Waals surface area contributed by atoms with E-state index < -0.39 is 0 Å². The van der Waals surface area contributed by atoms with E-state index in [2.05, 4.69) is 19.1 Å². The molecule has 0 aliphatic carbocycles. The summed E-state index contributed by atoms with van der Waals surface area (Å²) in [5, 5.41) is 0.387. The Morgan fingerprint density at radius 2 is 1.87 bits per heavy atom. The van der Waals surface area contributed by atoms with Crippen molar-refractivity contribution in [1.29, 1.82) is 0 Å². The summed E-state index contributed by atoms with van der Waals surface area (Å²) in [6.45, 7) is 3.49. The predicted molar refractivity (Wildman–Crippen MR) is 96.5 cm³/mol. The number of nitrogens with two attached hydrogens (primary N) is 1. The van der Waals surface area contributed by atoms with Gasteiger partial charge in [0, 0.05) is 29.7 Å². The standard InChI is InChI=1S/C19H22N2OS/c1-14-18(16-5-3-2-4-6-16)21(11-12-23-14)19(22)17-9-7-15(13-20)8-10-17/h2-10,14,18H,11-13,20H2,1H3/t14-,18-/m1/s1. The second-order valence-electron chi connectivity index (χ2n) is 5.83. The Hall–Kier alpha value is -1.78. The molecule has 0 bridgehead atoms. The summed E-state index contributed by atoms with van der Waals surface area (Å²) in [6, 6.07) is 18.1. The molecule has 2 N–H and O–H groups in total. The smallest absolute Gasteiger partial charge is 0.254 e. The van der Waals surface area contributed by atoms with Crippen LogP contribution >= 0.6 is 11.8 Å². The van der Waals surface area contributed by atoms with Crippen molar-refractivity contribution in [1.82, 2.24) is 4.90 Å². The molecule has 3 nitrogen and oxygen atoms in total. The van der Waals surface area contributed by atoms with Crippen molar-refractivity contribution in [2.24, 2.45) is 5.73 Å². The van der Waals surface area contributed by atoms with E-state index in [9.17, 15) is 4.79 Å². The first kappa shape index (κ1) is 16.1. The molecule has 1 fully saturated rings. The van der Waals surface area contributed by atoms with Crippen LogP contribution in [0.3, 0.4) is 0 Å². The van der Waals surface area contributed by atoms with Gasteiger partial charge in [-0.25, -0.2) is 0 Å². The molecule has 2 aromatic rings. The van der Waals surface area contributed by atoms with Gasteiger partial charge >= 0.3 is 0 Å². The Labute approximate surface area is 141 Å². The fraction of sp³-hybridized carbons (Fsp3) is 0.316. The lowest BCUT2D eigenvalue weighted by molar-refractivity contribution is 0.0681. The van der Waals surface area contributed by atoms with E-state index >= 15 is 0 Å². The minimum absolute atomic E-state index is 0.106. The predicted octanol–water partition coefficient (Wildman–Crippen LogP) is 3.46. The third-order valence-corrected chi connectivity index (χ3v) is 5.53. The van der Waals surface area contributed by atoms with Crippen molar-refractivity contribution in [2.75, 3.05) is 12.3 Å². The zero-order valence-electron chi connectivity index (χ0n) is 13.3. The third kappa shape index (κ3) is 3.43. The fourth-order valence-corrected chi connectivity index (χ4v) is 4.26. The second kappa shape index (κ2) is 7.20. The molecule has 0 radical (unpaired) electrons. The van der Waals surface area contributed by atoms with E-state index in [1.807, 2.05) is 59.1 Å². The molecule has 1 saturated heterocycles. The van der Waals surface area contributed by atoms with Gasteiger partial charge in [-0.2, -0.15) is 11.8 Å². The fourth-order valence-electron chi connectivity index (χ4n) is 3.10. The molecular formula is C19H22N2OS. The monoisotopic (exact) mass is 326 g/mol. The zero-order valence-corrected chi connectivity index (χ0v) is 14.1. The molecular weight excluding hydrogens is 304 g/mol. The van der Waals surface area contributed by atoms with Gasteiger partial charge in [0.2, 0.25) is 0 Å². The molecule has 1 heterocycles. The van der Waals surface area contributed by atoms with E-state index in [0.717, 1.165) is 23.4 Å². The molecule has 0 aromatic heterocycles. The number of rotatable bonds is 3. The molecule has 0 spiro atoms. The highest BCUT2D eigenvalue weighted by atomic mass is 32.2. The van der Waals surface area contributed by atoms with E-state index in [4.69, 9.17) is 5.73 Å². The van der Waals surface area contributed by atoms with Crippen molar-refractivity contribution >= 4 is 17.7 Å². The molecule has 1 aliphatic heterocycles. The number of thioether (sulfide) groups is 1. The van der Waals surface area contributed by atoms with Crippen LogP contribution in [0.4, 0.5) is 0 Å². The summed E-state index contributed by atoms with van der Waals surface area (Å²) in [5.41, 5.74) is 8.63. The van der Waals surface area contributed by atoms with E-state index in [0.29, 0.717) is 11.8 Å². The molecule has 1 amide bonds. The summed E-state index contributed by atoms with van der Waals surface area (Å²) in [6.07, 6.45) is 0. The number of hydrogen-bond acceptors (Lipinski definition) is 3. The number of hydrogen-bond donors (Lipinski definition) is 1. The van der Waals surface area contributed by atoms with Crippen LogP contribution in [0.15, 0.2) is 54.6 Å². The van der Waals surface area contributed by atoms with E-state index in [-0.39, 0.29) is 11.9 Å². The molecule has 1 aliphatic rings. The molecule has 2 atom stereocenters. The lowest BCUT2D eigenvalue weighted by Gasteiger charge is -2.40. The Morgan fingerprint density at radius 3 is 2.52 bits per heavy atom. The van der Waals surface area contributed by atoms with Gasteiger partial charge in [-0.1, -0.05) is 49.4 Å². The van der Waals surface area contributed by atoms with Gasteiger partial charge in [-0.3, -0.25) is 4.79 Å². The van der Waals surface area contributed by atoms with Crippen LogP contribution in [-0.2, 0) is 6.54 Å².